The van der Waals surface area contributed by atoms with Crippen LogP contribution in [0, 0.1) is 0 Å². The first-order valence-electron chi connectivity index (χ1n) is 5.00. The predicted octanol–water partition coefficient (Wildman–Crippen LogP) is 3.55. The molecule has 72 valence electrons. The number of ether oxygens (including phenoxy) is 1. The first-order valence-corrected chi connectivity index (χ1v) is 5.00. The normalized spacial score (nSPS) is 13.9. The molecular weight excluding hydrogens is 148 g/mol. The number of unbranched alkanes of at least 4 members (excludes halogenated alkanes) is 3. The largest absolute Gasteiger partial charge is 0.377 e. The average molecular weight is 170 g/mol. The molecule has 1 nitrogen and oxygen atoms in total. The van der Waals surface area contributed by atoms with E-state index in [-0.39, 0.29) is 0 Å². The number of hydrogen-bond donors (Lipinski definition) is 0. The Hall–Kier alpha value is -0.300. The summed E-state index contributed by atoms with van der Waals surface area (Å²) >= 11 is 0. The zero-order valence-electron chi connectivity index (χ0n) is 8.68. The second-order valence-corrected chi connectivity index (χ2v) is 3.15. The van der Waals surface area contributed by atoms with Gasteiger partial charge in [0.05, 0.1) is 6.10 Å². The van der Waals surface area contributed by atoms with Gasteiger partial charge in [0, 0.05) is 7.11 Å². The molecule has 0 aliphatic rings. The molecule has 0 N–H and O–H groups in total. The molecule has 0 heterocycles. The zero-order chi connectivity index (χ0) is 9.23. The smallest absolute Gasteiger partial charge is 0.0751 e. The molecule has 0 aromatic carbocycles. The van der Waals surface area contributed by atoms with Crippen molar-refractivity contribution < 1.29 is 4.74 Å². The third kappa shape index (κ3) is 6.41. The van der Waals surface area contributed by atoms with E-state index in [1.165, 1.54) is 32.1 Å². The first-order chi connectivity index (χ1) is 5.85. The van der Waals surface area contributed by atoms with E-state index in [1.54, 1.807) is 7.11 Å². The van der Waals surface area contributed by atoms with Gasteiger partial charge in [-0.3, -0.25) is 0 Å². The van der Waals surface area contributed by atoms with Crippen LogP contribution in [0.4, 0.5) is 0 Å². The van der Waals surface area contributed by atoms with Gasteiger partial charge < -0.3 is 4.74 Å². The summed E-state index contributed by atoms with van der Waals surface area (Å²) in [5, 5.41) is 0. The summed E-state index contributed by atoms with van der Waals surface area (Å²) in [4.78, 5) is 0. The SMILES string of the molecule is C/C=C/[C@H](CCCCCC)OC. The first kappa shape index (κ1) is 11.7. The van der Waals surface area contributed by atoms with E-state index in [0.717, 1.165) is 0 Å². The quantitative estimate of drug-likeness (QED) is 0.419. The molecule has 0 aromatic rings. The van der Waals surface area contributed by atoms with Gasteiger partial charge in [-0.1, -0.05) is 44.8 Å². The van der Waals surface area contributed by atoms with Crippen molar-refractivity contribution in [3.63, 3.8) is 0 Å². The molecule has 0 saturated heterocycles. The lowest BCUT2D eigenvalue weighted by molar-refractivity contribution is 0.131. The summed E-state index contributed by atoms with van der Waals surface area (Å²) in [6, 6.07) is 0. The summed E-state index contributed by atoms with van der Waals surface area (Å²) in [6.07, 6.45) is 11.0. The highest BCUT2D eigenvalue weighted by Gasteiger charge is 2.00. The fraction of sp³-hybridized carbons (Fsp3) is 0.818. The van der Waals surface area contributed by atoms with E-state index in [1.807, 2.05) is 6.92 Å². The third-order valence-electron chi connectivity index (χ3n) is 2.05. The highest BCUT2D eigenvalue weighted by molar-refractivity contribution is 4.86. The van der Waals surface area contributed by atoms with Crippen LogP contribution < -0.4 is 0 Å². The van der Waals surface area contributed by atoms with Gasteiger partial charge in [-0.2, -0.15) is 0 Å². The third-order valence-corrected chi connectivity index (χ3v) is 2.05. The van der Waals surface area contributed by atoms with E-state index >= 15 is 0 Å². The van der Waals surface area contributed by atoms with Crippen LogP contribution in [-0.4, -0.2) is 13.2 Å². The van der Waals surface area contributed by atoms with E-state index in [4.69, 9.17) is 4.74 Å². The van der Waals surface area contributed by atoms with Gasteiger partial charge in [-0.15, -0.1) is 0 Å². The van der Waals surface area contributed by atoms with Gasteiger partial charge in [0.1, 0.15) is 0 Å². The molecule has 0 rings (SSSR count). The molecule has 0 aliphatic heterocycles. The Morgan fingerprint density at radius 1 is 1.25 bits per heavy atom. The molecule has 0 aliphatic carbocycles. The fourth-order valence-electron chi connectivity index (χ4n) is 1.28. The Bertz CT molecular complexity index is 108. The van der Waals surface area contributed by atoms with Gasteiger partial charge in [0.25, 0.3) is 0 Å². The molecular formula is C11H22O. The van der Waals surface area contributed by atoms with Gasteiger partial charge in [-0.05, 0) is 13.3 Å². The highest BCUT2D eigenvalue weighted by atomic mass is 16.5. The molecule has 12 heavy (non-hydrogen) atoms. The fourth-order valence-corrected chi connectivity index (χ4v) is 1.28. The van der Waals surface area contributed by atoms with Crippen LogP contribution in [0.15, 0.2) is 12.2 Å². The van der Waals surface area contributed by atoms with Gasteiger partial charge in [0.15, 0.2) is 0 Å². The highest BCUT2D eigenvalue weighted by Crippen LogP contribution is 2.08. The Balaban J connectivity index is 3.31. The van der Waals surface area contributed by atoms with E-state index in [2.05, 4.69) is 19.1 Å². The van der Waals surface area contributed by atoms with Crippen LogP contribution in [0.2, 0.25) is 0 Å². The maximum atomic E-state index is 5.28. The molecule has 0 unspecified atom stereocenters. The van der Waals surface area contributed by atoms with Crippen LogP contribution in [0.3, 0.4) is 0 Å². The molecule has 1 atom stereocenters. The van der Waals surface area contributed by atoms with Crippen molar-refractivity contribution in [1.82, 2.24) is 0 Å². The van der Waals surface area contributed by atoms with Crippen LogP contribution in [-0.2, 0) is 4.74 Å². The second-order valence-electron chi connectivity index (χ2n) is 3.15. The maximum Gasteiger partial charge on any atom is 0.0751 e. The number of rotatable bonds is 7. The molecule has 0 amide bonds. The number of hydrogen-bond acceptors (Lipinski definition) is 1. The van der Waals surface area contributed by atoms with E-state index in [9.17, 15) is 0 Å². The monoisotopic (exact) mass is 170 g/mol. The van der Waals surface area contributed by atoms with Crippen LogP contribution >= 0.6 is 0 Å². The Kier molecular flexibility index (Phi) is 8.57. The van der Waals surface area contributed by atoms with Gasteiger partial charge in [-0.25, -0.2) is 0 Å². The maximum absolute atomic E-state index is 5.28. The van der Waals surface area contributed by atoms with Crippen molar-refractivity contribution in [3.05, 3.63) is 12.2 Å². The molecule has 0 aromatic heterocycles. The van der Waals surface area contributed by atoms with Crippen molar-refractivity contribution >= 4 is 0 Å². The summed E-state index contributed by atoms with van der Waals surface area (Å²) in [7, 11) is 1.78. The zero-order valence-corrected chi connectivity index (χ0v) is 8.68. The topological polar surface area (TPSA) is 9.23 Å². The Morgan fingerprint density at radius 3 is 2.50 bits per heavy atom. The minimum absolute atomic E-state index is 0.340. The van der Waals surface area contributed by atoms with Crippen LogP contribution in [0.25, 0.3) is 0 Å². The number of methoxy groups -OCH3 is 1. The van der Waals surface area contributed by atoms with Crippen molar-refractivity contribution in [2.24, 2.45) is 0 Å². The van der Waals surface area contributed by atoms with E-state index < -0.39 is 0 Å². The summed E-state index contributed by atoms with van der Waals surface area (Å²) in [5.74, 6) is 0. The molecule has 0 saturated carbocycles. The Labute approximate surface area is 76.8 Å². The number of allylic oxidation sites excluding steroid dienone is 1. The van der Waals surface area contributed by atoms with Crippen molar-refractivity contribution in [2.45, 2.75) is 52.1 Å². The summed E-state index contributed by atoms with van der Waals surface area (Å²) in [6.45, 7) is 4.28. The van der Waals surface area contributed by atoms with Crippen LogP contribution in [0.1, 0.15) is 46.0 Å². The Morgan fingerprint density at radius 2 is 2.00 bits per heavy atom. The van der Waals surface area contributed by atoms with Gasteiger partial charge >= 0.3 is 0 Å². The van der Waals surface area contributed by atoms with Crippen LogP contribution in [0.5, 0.6) is 0 Å². The molecule has 0 fully saturated rings. The van der Waals surface area contributed by atoms with E-state index in [0.29, 0.717) is 6.10 Å². The molecule has 0 radical (unpaired) electrons. The standard InChI is InChI=1S/C11H22O/c1-4-6-7-8-10-11(12-3)9-5-2/h5,9,11H,4,6-8,10H2,1-3H3/b9-5+/t11-/m1/s1. The second kappa shape index (κ2) is 8.79. The molecule has 0 bridgehead atoms. The molecule has 1 heteroatoms. The van der Waals surface area contributed by atoms with Crippen molar-refractivity contribution in [2.75, 3.05) is 7.11 Å². The lowest BCUT2D eigenvalue weighted by atomic mass is 10.1. The lowest BCUT2D eigenvalue weighted by Gasteiger charge is -2.09. The average Bonchev–Trinajstić information content (AvgIpc) is 2.10. The molecule has 0 spiro atoms. The van der Waals surface area contributed by atoms with Crippen molar-refractivity contribution in [1.29, 1.82) is 0 Å². The minimum atomic E-state index is 0.340. The van der Waals surface area contributed by atoms with Gasteiger partial charge in [0.2, 0.25) is 0 Å². The lowest BCUT2D eigenvalue weighted by Crippen LogP contribution is -2.05. The van der Waals surface area contributed by atoms with Crippen molar-refractivity contribution in [3.8, 4) is 0 Å². The predicted molar refractivity (Wildman–Crippen MR) is 54.4 cm³/mol. The minimum Gasteiger partial charge on any atom is -0.377 e. The summed E-state index contributed by atoms with van der Waals surface area (Å²) < 4.78 is 5.28. The summed E-state index contributed by atoms with van der Waals surface area (Å²) in [5.41, 5.74) is 0.